The van der Waals surface area contributed by atoms with Crippen molar-refractivity contribution in [1.82, 2.24) is 10.2 Å². The number of hydrogen-bond donors (Lipinski definition) is 2. The molecule has 0 aromatic heterocycles. The number of amides is 1. The van der Waals surface area contributed by atoms with Gasteiger partial charge >= 0.3 is 18.0 Å². The summed E-state index contributed by atoms with van der Waals surface area (Å²) in [7, 11) is 6.79. The van der Waals surface area contributed by atoms with Gasteiger partial charge in [-0.15, -0.1) is 0 Å². The fourth-order valence-electron chi connectivity index (χ4n) is 9.72. The molecule has 4 saturated heterocycles. The van der Waals surface area contributed by atoms with Crippen LogP contribution in [-0.2, 0) is 57.0 Å². The summed E-state index contributed by atoms with van der Waals surface area (Å²) in [6, 6.07) is -1.12. The number of aliphatic hydroxyl groups is 1. The smallest absolute Gasteiger partial charge is 0.408 e. The van der Waals surface area contributed by atoms with E-state index < -0.39 is 114 Å². The predicted octanol–water partition coefficient (Wildman–Crippen LogP) is 3.93. The third kappa shape index (κ3) is 9.75. The number of ketones is 1. The Bertz CT molecular complexity index is 1480. The van der Waals surface area contributed by atoms with Crippen LogP contribution in [0, 0.1) is 23.7 Å². The molecule has 18 atom stereocenters. The third-order valence-corrected chi connectivity index (χ3v) is 13.3. The van der Waals surface area contributed by atoms with E-state index in [1.165, 1.54) is 14.2 Å². The lowest BCUT2D eigenvalue weighted by molar-refractivity contribution is -0.319. The number of nitrogens with zero attached hydrogens (tertiary/aromatic N) is 1. The Labute approximate surface area is 344 Å². The Morgan fingerprint density at radius 3 is 2.14 bits per heavy atom. The van der Waals surface area contributed by atoms with Crippen molar-refractivity contribution in [3.8, 4) is 0 Å². The highest BCUT2D eigenvalue weighted by Gasteiger charge is 2.58. The average molecular weight is 827 g/mol. The highest BCUT2D eigenvalue weighted by Crippen LogP contribution is 2.43. The van der Waals surface area contributed by atoms with Gasteiger partial charge in [-0.05, 0) is 74.9 Å². The number of aliphatic hydroxyl groups excluding tert-OH is 1. The summed E-state index contributed by atoms with van der Waals surface area (Å²) >= 11 is 0. The summed E-state index contributed by atoms with van der Waals surface area (Å²) in [6.45, 7) is 21.4. The second-order valence-electron chi connectivity index (χ2n) is 17.8. The van der Waals surface area contributed by atoms with Crippen molar-refractivity contribution < 1.29 is 66.9 Å². The average Bonchev–Trinajstić information content (AvgIpc) is 3.49. The van der Waals surface area contributed by atoms with Gasteiger partial charge in [0.15, 0.2) is 24.3 Å². The molecule has 4 aliphatic rings. The minimum atomic E-state index is -1.38. The van der Waals surface area contributed by atoms with Crippen LogP contribution >= 0.6 is 0 Å². The Morgan fingerprint density at radius 1 is 0.948 bits per heavy atom. The fraction of sp³-hybridized carbons (Fsp3) is 0.857. The topological polar surface area (TPSA) is 187 Å². The zero-order valence-corrected chi connectivity index (χ0v) is 37.0. The number of likely N-dealkylation sites (N-methyl/N-ethyl adjacent to an activating group) is 1. The first-order valence-electron chi connectivity index (χ1n) is 20.6. The Hall–Kier alpha value is -2.70. The van der Waals surface area contributed by atoms with E-state index in [1.807, 2.05) is 46.7 Å². The lowest BCUT2D eigenvalue weighted by Crippen LogP contribution is -2.62. The van der Waals surface area contributed by atoms with Crippen LogP contribution in [0.2, 0.25) is 0 Å². The highest BCUT2D eigenvalue weighted by atomic mass is 16.7. The summed E-state index contributed by atoms with van der Waals surface area (Å²) in [4.78, 5) is 56.1. The summed E-state index contributed by atoms with van der Waals surface area (Å²) in [5.74, 6) is -4.57. The second kappa shape index (κ2) is 18.9. The zero-order valence-electron chi connectivity index (χ0n) is 37.0. The number of hydrogen-bond acceptors (Lipinski definition) is 15. The van der Waals surface area contributed by atoms with Crippen molar-refractivity contribution in [3.05, 3.63) is 12.7 Å². The molecule has 4 heterocycles. The molecule has 0 saturated carbocycles. The quantitative estimate of drug-likeness (QED) is 0.183. The number of esters is 2. The molecule has 1 unspecified atom stereocenters. The van der Waals surface area contributed by atoms with Gasteiger partial charge in [0.1, 0.15) is 23.6 Å². The van der Waals surface area contributed by atoms with Crippen molar-refractivity contribution in [2.24, 2.45) is 23.7 Å². The van der Waals surface area contributed by atoms with E-state index in [2.05, 4.69) is 11.9 Å². The molecule has 0 radical (unpaired) electrons. The van der Waals surface area contributed by atoms with Gasteiger partial charge in [0, 0.05) is 50.5 Å². The molecule has 0 aromatic rings. The minimum Gasteiger partial charge on any atom is -0.458 e. The molecule has 0 aliphatic carbocycles. The number of fused-ring (bicyclic) bond motifs is 1. The monoisotopic (exact) mass is 826 g/mol. The first kappa shape index (κ1) is 48.0. The molecule has 58 heavy (non-hydrogen) atoms. The molecule has 4 rings (SSSR count). The summed E-state index contributed by atoms with van der Waals surface area (Å²) in [6.07, 6.45) is -6.50. The van der Waals surface area contributed by atoms with Crippen molar-refractivity contribution in [3.63, 3.8) is 0 Å². The highest BCUT2D eigenvalue weighted by molar-refractivity contribution is 5.85. The maximum atomic E-state index is 14.6. The van der Waals surface area contributed by atoms with Crippen LogP contribution in [0.4, 0.5) is 4.79 Å². The SMILES string of the molecule is C=CC(=O)OC1[C@H](C)O[C@@H](O[C@H]2[C@H](C)[C@@H](O[C@@H]3O[C@H](C)C[C@H](N(C)C)[C@H]3O)[C@](C)(OC)C[C@@H](C)C(=O)[C@H](C)[C@H]3NC(=O)O[C@]3(C)[C@@H](CC)OC(=O)[C@@H]2C)C[C@@]1(C)OC. The first-order valence-corrected chi connectivity index (χ1v) is 20.6. The molecule has 0 spiro atoms. The van der Waals surface area contributed by atoms with Crippen LogP contribution in [0.25, 0.3) is 0 Å². The Kier molecular flexibility index (Phi) is 15.6. The molecule has 2 N–H and O–H groups in total. The molecule has 16 nitrogen and oxygen atoms in total. The number of carbonyl (C=O) groups is 4. The largest absolute Gasteiger partial charge is 0.458 e. The normalized spacial score (nSPS) is 45.7. The van der Waals surface area contributed by atoms with E-state index in [0.29, 0.717) is 6.42 Å². The third-order valence-electron chi connectivity index (χ3n) is 13.3. The molecule has 4 aliphatic heterocycles. The molecule has 1 amide bonds. The Morgan fingerprint density at radius 2 is 1.57 bits per heavy atom. The van der Waals surface area contributed by atoms with Crippen LogP contribution < -0.4 is 5.32 Å². The van der Waals surface area contributed by atoms with Crippen LogP contribution in [-0.4, -0.2) is 146 Å². The van der Waals surface area contributed by atoms with Gasteiger partial charge in [-0.2, -0.15) is 0 Å². The lowest BCUT2D eigenvalue weighted by atomic mass is 9.73. The summed E-state index contributed by atoms with van der Waals surface area (Å²) in [5, 5.41) is 14.5. The predicted molar refractivity (Wildman–Crippen MR) is 210 cm³/mol. The number of methoxy groups -OCH3 is 2. The minimum absolute atomic E-state index is 0.0931. The van der Waals surface area contributed by atoms with Crippen LogP contribution in [0.5, 0.6) is 0 Å². The molecule has 0 aromatic carbocycles. The van der Waals surface area contributed by atoms with E-state index in [4.69, 9.17) is 42.6 Å². The second-order valence-corrected chi connectivity index (χ2v) is 17.8. The van der Waals surface area contributed by atoms with E-state index in [1.54, 1.807) is 41.5 Å². The summed E-state index contributed by atoms with van der Waals surface area (Å²) in [5.41, 5.74) is -3.71. The van der Waals surface area contributed by atoms with E-state index in [0.717, 1.165) is 6.08 Å². The van der Waals surface area contributed by atoms with Gasteiger partial charge in [0.05, 0.1) is 42.0 Å². The van der Waals surface area contributed by atoms with E-state index in [-0.39, 0.29) is 37.2 Å². The maximum Gasteiger partial charge on any atom is 0.408 e. The molecule has 332 valence electrons. The number of nitrogens with one attached hydrogen (secondary N) is 1. The number of Topliss-reactive ketones (excluding diaryl/α,β-unsaturated/α-hetero) is 1. The number of alkyl carbamates (subject to hydrolysis) is 1. The fourth-order valence-corrected chi connectivity index (χ4v) is 9.72. The molecular formula is C42H70N2O14. The number of carbonyl (C=O) groups excluding carboxylic acids is 4. The first-order chi connectivity index (χ1) is 27.0. The van der Waals surface area contributed by atoms with Gasteiger partial charge in [-0.25, -0.2) is 9.59 Å². The molecule has 16 heteroatoms. The molecular weight excluding hydrogens is 756 g/mol. The van der Waals surface area contributed by atoms with Crippen molar-refractivity contribution in [1.29, 1.82) is 0 Å². The molecule has 4 fully saturated rings. The van der Waals surface area contributed by atoms with E-state index in [9.17, 15) is 24.3 Å². The number of rotatable bonds is 10. The summed E-state index contributed by atoms with van der Waals surface area (Å²) < 4.78 is 56.5. The number of ether oxygens (including phenoxy) is 9. The van der Waals surface area contributed by atoms with Gasteiger partial charge in [0.2, 0.25) is 0 Å². The molecule has 0 bridgehead atoms. The van der Waals surface area contributed by atoms with Gasteiger partial charge in [0.25, 0.3) is 0 Å². The lowest BCUT2D eigenvalue weighted by Gasteiger charge is -2.50. The zero-order chi connectivity index (χ0) is 43.7. The van der Waals surface area contributed by atoms with Crippen LogP contribution in [0.15, 0.2) is 12.7 Å². The van der Waals surface area contributed by atoms with Crippen molar-refractivity contribution in [2.45, 2.75) is 179 Å². The van der Waals surface area contributed by atoms with Crippen molar-refractivity contribution >= 4 is 23.8 Å². The van der Waals surface area contributed by atoms with Gasteiger partial charge < -0.3 is 58.0 Å². The number of cyclic esters (lactones) is 1. The Balaban J connectivity index is 1.87. The van der Waals surface area contributed by atoms with Crippen LogP contribution in [0.1, 0.15) is 94.9 Å². The van der Waals surface area contributed by atoms with E-state index >= 15 is 0 Å². The van der Waals surface area contributed by atoms with Crippen molar-refractivity contribution in [2.75, 3.05) is 28.3 Å². The maximum absolute atomic E-state index is 14.6. The standard InChI is InChI=1S/C42H70N2O14/c1-16-28-42(11)34(43-39(49)58-42)23(5)31(46)21(3)19-40(9,50-14)35(57-38-32(47)27(44(12)13)18-22(4)52-38)24(6)33(25(7)37(48)54-28)56-30-20-41(10,51-15)36(26(8)53-30)55-29(45)17-2/h17,21-28,30,32-36,38,47H,2,16,18-20H2,1,3-15H3,(H,43,49)/t21-,22-,23+,24+,25-,26+,27+,28-,30+,32-,33+,34-,35-,36?,38+,40-,41-,42-/m1/s1. The van der Waals surface area contributed by atoms with Gasteiger partial charge in [-0.1, -0.05) is 34.3 Å². The van der Waals surface area contributed by atoms with Gasteiger partial charge in [-0.3, -0.25) is 9.59 Å². The van der Waals surface area contributed by atoms with Crippen LogP contribution in [0.3, 0.4) is 0 Å².